The van der Waals surface area contributed by atoms with Crippen LogP contribution in [0.2, 0.25) is 0 Å². The molecule has 0 atom stereocenters. The molecule has 0 spiro atoms. The fourth-order valence-electron chi connectivity index (χ4n) is 2.45. The molecule has 29 heavy (non-hydrogen) atoms. The van der Waals surface area contributed by atoms with Crippen LogP contribution in [0.15, 0.2) is 48.5 Å². The van der Waals surface area contributed by atoms with Crippen LogP contribution in [-0.4, -0.2) is 51.1 Å². The highest BCUT2D eigenvalue weighted by Gasteiger charge is 2.10. The molecule has 2 rings (SSSR count). The van der Waals surface area contributed by atoms with Gasteiger partial charge in [-0.2, -0.15) is 0 Å². The smallest absolute Gasteiger partial charge is 0.337 e. The van der Waals surface area contributed by atoms with E-state index in [0.29, 0.717) is 41.8 Å². The van der Waals surface area contributed by atoms with E-state index in [4.69, 9.17) is 0 Å². The van der Waals surface area contributed by atoms with E-state index in [0.717, 1.165) is 0 Å². The van der Waals surface area contributed by atoms with Gasteiger partial charge in [0.05, 0.1) is 25.3 Å². The fourth-order valence-corrected chi connectivity index (χ4v) is 2.45. The van der Waals surface area contributed by atoms with Gasteiger partial charge in [0.1, 0.15) is 0 Å². The summed E-state index contributed by atoms with van der Waals surface area (Å²) in [4.78, 5) is 46.9. The van der Waals surface area contributed by atoms with Crippen LogP contribution in [0.4, 0.5) is 0 Å². The summed E-state index contributed by atoms with van der Waals surface area (Å²) >= 11 is 0. The molecule has 0 bridgehead atoms. The average molecular weight is 398 g/mol. The van der Waals surface area contributed by atoms with Crippen molar-refractivity contribution in [3.05, 3.63) is 70.8 Å². The molecular weight excluding hydrogens is 376 g/mol. The van der Waals surface area contributed by atoms with Crippen molar-refractivity contribution in [1.29, 1.82) is 0 Å². The zero-order valence-corrected chi connectivity index (χ0v) is 16.2. The number of carbonyl (C=O) groups excluding carboxylic acids is 4. The lowest BCUT2D eigenvalue weighted by atomic mass is 10.1. The van der Waals surface area contributed by atoms with Crippen molar-refractivity contribution in [2.24, 2.45) is 0 Å². The van der Waals surface area contributed by atoms with E-state index in [1.807, 2.05) is 0 Å². The first kappa shape index (κ1) is 21.6. The topological polar surface area (TPSA) is 111 Å². The summed E-state index contributed by atoms with van der Waals surface area (Å²) in [5.41, 5.74) is 1.58. The third-order valence-electron chi connectivity index (χ3n) is 4.06. The molecule has 0 aliphatic rings. The Labute approximate surface area is 168 Å². The average Bonchev–Trinajstić information content (AvgIpc) is 2.77. The molecule has 2 N–H and O–H groups in total. The van der Waals surface area contributed by atoms with E-state index in [9.17, 15) is 19.2 Å². The van der Waals surface area contributed by atoms with Crippen molar-refractivity contribution in [1.82, 2.24) is 10.6 Å². The van der Waals surface area contributed by atoms with E-state index >= 15 is 0 Å². The highest BCUT2D eigenvalue weighted by Crippen LogP contribution is 2.07. The summed E-state index contributed by atoms with van der Waals surface area (Å²) in [6.45, 7) is 0.748. The predicted octanol–water partition coefficient (Wildman–Crippen LogP) is 1.81. The van der Waals surface area contributed by atoms with Crippen LogP contribution in [0.25, 0.3) is 0 Å². The molecule has 8 heteroatoms. The van der Waals surface area contributed by atoms with Gasteiger partial charge >= 0.3 is 11.9 Å². The predicted molar refractivity (Wildman–Crippen MR) is 105 cm³/mol. The number of benzene rings is 2. The zero-order valence-electron chi connectivity index (χ0n) is 16.2. The highest BCUT2D eigenvalue weighted by atomic mass is 16.5. The number of hydrogen-bond acceptors (Lipinski definition) is 6. The molecule has 0 fully saturated rings. The van der Waals surface area contributed by atoms with Crippen molar-refractivity contribution >= 4 is 23.8 Å². The Hall–Kier alpha value is -3.68. The van der Waals surface area contributed by atoms with Gasteiger partial charge in [-0.05, 0) is 55.0 Å². The highest BCUT2D eigenvalue weighted by molar-refractivity contribution is 5.97. The van der Waals surface area contributed by atoms with Crippen molar-refractivity contribution in [3.63, 3.8) is 0 Å². The maximum Gasteiger partial charge on any atom is 0.337 e. The lowest BCUT2D eigenvalue weighted by Crippen LogP contribution is -2.30. The maximum absolute atomic E-state index is 12.1. The Morgan fingerprint density at radius 3 is 1.24 bits per heavy atom. The first-order valence-corrected chi connectivity index (χ1v) is 8.89. The molecule has 0 aromatic heterocycles. The molecule has 0 unspecified atom stereocenters. The van der Waals surface area contributed by atoms with Crippen LogP contribution in [0.5, 0.6) is 0 Å². The van der Waals surface area contributed by atoms with Crippen LogP contribution >= 0.6 is 0 Å². The lowest BCUT2D eigenvalue weighted by Gasteiger charge is -2.08. The quantitative estimate of drug-likeness (QED) is 0.518. The maximum atomic E-state index is 12.1. The summed E-state index contributed by atoms with van der Waals surface area (Å²) in [6.07, 6.45) is 0.540. The zero-order chi connectivity index (χ0) is 21.2. The second-order valence-corrected chi connectivity index (χ2v) is 6.00. The normalized spacial score (nSPS) is 10.0. The summed E-state index contributed by atoms with van der Waals surface area (Å²) in [6, 6.07) is 12.3. The number of methoxy groups -OCH3 is 2. The number of carbonyl (C=O) groups is 4. The molecular formula is C21H22N2O6. The van der Waals surface area contributed by atoms with Crippen LogP contribution < -0.4 is 10.6 Å². The minimum Gasteiger partial charge on any atom is -0.465 e. The van der Waals surface area contributed by atoms with E-state index < -0.39 is 11.9 Å². The van der Waals surface area contributed by atoms with E-state index in [1.165, 1.54) is 38.5 Å². The van der Waals surface area contributed by atoms with Gasteiger partial charge in [0, 0.05) is 24.2 Å². The molecule has 0 aliphatic heterocycles. The number of hydrogen-bond donors (Lipinski definition) is 2. The molecule has 152 valence electrons. The molecule has 0 saturated carbocycles. The molecule has 0 saturated heterocycles. The second-order valence-electron chi connectivity index (χ2n) is 6.00. The van der Waals surface area contributed by atoms with Crippen LogP contribution in [-0.2, 0) is 9.47 Å². The van der Waals surface area contributed by atoms with Gasteiger partial charge in [0.2, 0.25) is 0 Å². The van der Waals surface area contributed by atoms with E-state index in [1.54, 1.807) is 24.3 Å². The van der Waals surface area contributed by atoms with Crippen molar-refractivity contribution in [2.45, 2.75) is 6.42 Å². The summed E-state index contributed by atoms with van der Waals surface area (Å²) in [5, 5.41) is 5.49. The molecule has 2 aromatic rings. The van der Waals surface area contributed by atoms with Gasteiger partial charge in [-0.1, -0.05) is 0 Å². The Balaban J connectivity index is 1.72. The number of ether oxygens (including phenoxy) is 2. The van der Waals surface area contributed by atoms with E-state index in [-0.39, 0.29) is 11.8 Å². The molecule has 2 aromatic carbocycles. The first-order chi connectivity index (χ1) is 14.0. The fraction of sp³-hybridized carbons (Fsp3) is 0.238. The lowest BCUT2D eigenvalue weighted by molar-refractivity contribution is 0.0592. The van der Waals surface area contributed by atoms with Gasteiger partial charge < -0.3 is 20.1 Å². The van der Waals surface area contributed by atoms with Crippen molar-refractivity contribution < 1.29 is 28.7 Å². The van der Waals surface area contributed by atoms with Gasteiger partial charge in [-0.15, -0.1) is 0 Å². The van der Waals surface area contributed by atoms with Gasteiger partial charge in [-0.3, -0.25) is 9.59 Å². The third-order valence-corrected chi connectivity index (χ3v) is 4.06. The first-order valence-electron chi connectivity index (χ1n) is 8.89. The minimum atomic E-state index is -0.465. The number of rotatable bonds is 8. The third kappa shape index (κ3) is 6.17. The largest absolute Gasteiger partial charge is 0.465 e. The van der Waals surface area contributed by atoms with Gasteiger partial charge in [-0.25, -0.2) is 9.59 Å². The SMILES string of the molecule is COC(=O)c1ccc(C(=O)NCCCNC(=O)c2ccc(C(=O)OC)cc2)cc1. The standard InChI is InChI=1S/C21H22N2O6/c1-28-20(26)16-8-4-14(5-9-16)18(24)22-12-3-13-23-19(25)15-6-10-17(11-7-15)21(27)29-2/h4-11H,3,12-13H2,1-2H3,(H,22,24)(H,23,25). The second kappa shape index (κ2) is 10.6. The molecule has 2 amide bonds. The van der Waals surface area contributed by atoms with Gasteiger partial charge in [0.25, 0.3) is 11.8 Å². The number of esters is 2. The Bertz CT molecular complexity index is 802. The molecule has 8 nitrogen and oxygen atoms in total. The van der Waals surface area contributed by atoms with Crippen LogP contribution in [0.3, 0.4) is 0 Å². The molecule has 0 heterocycles. The molecule has 0 radical (unpaired) electrons. The Morgan fingerprint density at radius 2 is 0.931 bits per heavy atom. The Morgan fingerprint density at radius 1 is 0.621 bits per heavy atom. The molecule has 0 aliphatic carbocycles. The summed E-state index contributed by atoms with van der Waals surface area (Å²) in [5.74, 6) is -1.47. The van der Waals surface area contributed by atoms with E-state index in [2.05, 4.69) is 20.1 Å². The number of nitrogens with one attached hydrogen (secondary N) is 2. The monoisotopic (exact) mass is 398 g/mol. The summed E-state index contributed by atoms with van der Waals surface area (Å²) in [7, 11) is 2.58. The van der Waals surface area contributed by atoms with Crippen LogP contribution in [0.1, 0.15) is 47.9 Å². The summed E-state index contributed by atoms with van der Waals surface area (Å²) < 4.78 is 9.21. The van der Waals surface area contributed by atoms with Crippen molar-refractivity contribution in [2.75, 3.05) is 27.3 Å². The minimum absolute atomic E-state index is 0.272. The van der Waals surface area contributed by atoms with Crippen molar-refractivity contribution in [3.8, 4) is 0 Å². The number of amides is 2. The van der Waals surface area contributed by atoms with Gasteiger partial charge in [0.15, 0.2) is 0 Å². The Kier molecular flexibility index (Phi) is 7.90. The van der Waals surface area contributed by atoms with Crippen LogP contribution in [0, 0.1) is 0 Å².